The molecule has 0 bridgehead atoms. The third-order valence-corrected chi connectivity index (χ3v) is 3.23. The molecule has 2 aromatic carbocycles. The van der Waals surface area contributed by atoms with E-state index in [4.69, 9.17) is 9.47 Å². The van der Waals surface area contributed by atoms with Crippen LogP contribution in [-0.2, 0) is 6.18 Å². The first kappa shape index (κ1) is 18.3. The van der Waals surface area contributed by atoms with Gasteiger partial charge in [0.1, 0.15) is 11.5 Å². The SMILES string of the molecule is COc1cc(OC)cc(C(=O)N/N=C\c2ccc(C(F)(F)F)cc2)c1. The standard InChI is InChI=1S/C17H15F3N2O3/c1-24-14-7-12(8-15(9-14)25-2)16(23)22-21-10-11-3-5-13(6-4-11)17(18,19)20/h3-10H,1-2H3,(H,22,23)/b21-10-. The number of amides is 1. The van der Waals surface area contributed by atoms with Crippen LogP contribution in [0.15, 0.2) is 47.6 Å². The first-order chi connectivity index (χ1) is 11.8. The Labute approximate surface area is 142 Å². The monoisotopic (exact) mass is 352 g/mol. The number of hydrogen-bond acceptors (Lipinski definition) is 4. The maximum atomic E-state index is 12.5. The molecule has 0 aliphatic carbocycles. The minimum Gasteiger partial charge on any atom is -0.497 e. The molecular formula is C17H15F3N2O3. The van der Waals surface area contributed by atoms with E-state index in [9.17, 15) is 18.0 Å². The summed E-state index contributed by atoms with van der Waals surface area (Å²) in [6.45, 7) is 0. The number of nitrogens with one attached hydrogen (secondary N) is 1. The van der Waals surface area contributed by atoms with E-state index in [0.717, 1.165) is 12.1 Å². The Kier molecular flexibility index (Phi) is 5.63. The van der Waals surface area contributed by atoms with Crippen LogP contribution in [0, 0.1) is 0 Å². The zero-order valence-electron chi connectivity index (χ0n) is 13.4. The summed E-state index contributed by atoms with van der Waals surface area (Å²) in [5, 5.41) is 3.73. The van der Waals surface area contributed by atoms with Gasteiger partial charge >= 0.3 is 6.18 Å². The zero-order chi connectivity index (χ0) is 18.4. The van der Waals surface area contributed by atoms with Gasteiger partial charge < -0.3 is 9.47 Å². The summed E-state index contributed by atoms with van der Waals surface area (Å²) in [6, 6.07) is 9.02. The molecule has 0 aliphatic rings. The number of rotatable bonds is 5. The van der Waals surface area contributed by atoms with Crippen LogP contribution >= 0.6 is 0 Å². The maximum absolute atomic E-state index is 12.5. The number of nitrogens with zero attached hydrogens (tertiary/aromatic N) is 1. The molecule has 1 amide bonds. The molecule has 25 heavy (non-hydrogen) atoms. The lowest BCUT2D eigenvalue weighted by Gasteiger charge is -2.07. The number of halogens is 3. The van der Waals surface area contributed by atoms with Crippen molar-refractivity contribution in [3.63, 3.8) is 0 Å². The predicted molar refractivity (Wildman–Crippen MR) is 86.1 cm³/mol. The van der Waals surface area contributed by atoms with E-state index in [2.05, 4.69) is 10.5 Å². The molecule has 132 valence electrons. The Bertz CT molecular complexity index is 749. The molecule has 0 atom stereocenters. The molecular weight excluding hydrogens is 337 g/mol. The topological polar surface area (TPSA) is 59.9 Å². The summed E-state index contributed by atoms with van der Waals surface area (Å²) < 4.78 is 47.6. The van der Waals surface area contributed by atoms with Crippen LogP contribution in [0.25, 0.3) is 0 Å². The van der Waals surface area contributed by atoms with E-state index in [1.54, 1.807) is 6.07 Å². The van der Waals surface area contributed by atoms with Gasteiger partial charge in [-0.3, -0.25) is 4.79 Å². The van der Waals surface area contributed by atoms with Gasteiger partial charge in [-0.1, -0.05) is 12.1 Å². The number of ether oxygens (including phenoxy) is 2. The molecule has 0 heterocycles. The van der Waals surface area contributed by atoms with Crippen molar-refractivity contribution in [2.24, 2.45) is 5.10 Å². The van der Waals surface area contributed by atoms with Crippen molar-refractivity contribution in [2.45, 2.75) is 6.18 Å². The second-order valence-corrected chi connectivity index (χ2v) is 4.92. The number of hydrazone groups is 1. The van der Waals surface area contributed by atoms with Gasteiger partial charge in [0.25, 0.3) is 5.91 Å². The molecule has 0 saturated heterocycles. The van der Waals surface area contributed by atoms with Crippen molar-refractivity contribution in [3.8, 4) is 11.5 Å². The number of hydrogen-bond donors (Lipinski definition) is 1. The lowest BCUT2D eigenvalue weighted by atomic mass is 10.1. The summed E-state index contributed by atoms with van der Waals surface area (Å²) in [4.78, 5) is 12.1. The van der Waals surface area contributed by atoms with E-state index in [1.807, 2.05) is 0 Å². The zero-order valence-corrected chi connectivity index (χ0v) is 13.4. The average molecular weight is 352 g/mol. The van der Waals surface area contributed by atoms with Crippen LogP contribution in [0.3, 0.4) is 0 Å². The van der Waals surface area contributed by atoms with Crippen molar-refractivity contribution in [1.29, 1.82) is 0 Å². The molecule has 2 rings (SSSR count). The highest BCUT2D eigenvalue weighted by Gasteiger charge is 2.29. The fourth-order valence-corrected chi connectivity index (χ4v) is 1.93. The maximum Gasteiger partial charge on any atom is 0.416 e. The third kappa shape index (κ3) is 4.97. The van der Waals surface area contributed by atoms with Gasteiger partial charge in [0, 0.05) is 11.6 Å². The third-order valence-electron chi connectivity index (χ3n) is 3.23. The number of carbonyl (C=O) groups is 1. The van der Waals surface area contributed by atoms with Crippen LogP contribution in [0.2, 0.25) is 0 Å². The second-order valence-electron chi connectivity index (χ2n) is 4.92. The van der Waals surface area contributed by atoms with Crippen LogP contribution in [0.4, 0.5) is 13.2 Å². The summed E-state index contributed by atoms with van der Waals surface area (Å²) in [5.74, 6) is 0.368. The van der Waals surface area contributed by atoms with Gasteiger partial charge in [-0.25, -0.2) is 5.43 Å². The first-order valence-corrected chi connectivity index (χ1v) is 7.07. The van der Waals surface area contributed by atoms with Crippen molar-refractivity contribution < 1.29 is 27.4 Å². The largest absolute Gasteiger partial charge is 0.497 e. The van der Waals surface area contributed by atoms with Crippen molar-refractivity contribution >= 4 is 12.1 Å². The molecule has 8 heteroatoms. The first-order valence-electron chi connectivity index (χ1n) is 7.07. The molecule has 5 nitrogen and oxygen atoms in total. The average Bonchev–Trinajstić information content (AvgIpc) is 2.60. The fraction of sp³-hybridized carbons (Fsp3) is 0.176. The molecule has 0 radical (unpaired) electrons. The highest BCUT2D eigenvalue weighted by Crippen LogP contribution is 2.28. The Hall–Kier alpha value is -3.03. The second kappa shape index (κ2) is 7.69. The Balaban J connectivity index is 2.05. The molecule has 0 aliphatic heterocycles. The lowest BCUT2D eigenvalue weighted by Crippen LogP contribution is -2.17. The van der Waals surface area contributed by atoms with Crippen LogP contribution in [-0.4, -0.2) is 26.3 Å². The van der Waals surface area contributed by atoms with Crippen LogP contribution in [0.1, 0.15) is 21.5 Å². The van der Waals surface area contributed by atoms with E-state index >= 15 is 0 Å². The Morgan fingerprint density at radius 2 is 1.60 bits per heavy atom. The fourth-order valence-electron chi connectivity index (χ4n) is 1.93. The van der Waals surface area contributed by atoms with Gasteiger partial charge in [-0.2, -0.15) is 18.3 Å². The number of methoxy groups -OCH3 is 2. The minimum absolute atomic E-state index is 0.265. The normalized spacial score (nSPS) is 11.4. The molecule has 0 saturated carbocycles. The Morgan fingerprint density at radius 1 is 1.04 bits per heavy atom. The molecule has 1 N–H and O–H groups in total. The molecule has 2 aromatic rings. The quantitative estimate of drug-likeness (QED) is 0.662. The minimum atomic E-state index is -4.39. The van der Waals surface area contributed by atoms with Gasteiger partial charge in [-0.05, 0) is 29.8 Å². The Morgan fingerprint density at radius 3 is 2.08 bits per heavy atom. The molecule has 0 fully saturated rings. The van der Waals surface area contributed by atoms with Crippen LogP contribution < -0.4 is 14.9 Å². The summed E-state index contributed by atoms with van der Waals surface area (Å²) in [5.41, 5.74) is 2.22. The lowest BCUT2D eigenvalue weighted by molar-refractivity contribution is -0.137. The van der Waals surface area contributed by atoms with Gasteiger partial charge in [-0.15, -0.1) is 0 Å². The summed E-state index contributed by atoms with van der Waals surface area (Å²) in [7, 11) is 2.92. The highest BCUT2D eigenvalue weighted by atomic mass is 19.4. The highest BCUT2D eigenvalue weighted by molar-refractivity contribution is 5.95. The molecule has 0 spiro atoms. The predicted octanol–water partition coefficient (Wildman–Crippen LogP) is 3.49. The van der Waals surface area contributed by atoms with Crippen molar-refractivity contribution in [2.75, 3.05) is 14.2 Å². The molecule has 0 aromatic heterocycles. The van der Waals surface area contributed by atoms with E-state index in [1.165, 1.54) is 44.7 Å². The van der Waals surface area contributed by atoms with E-state index < -0.39 is 17.6 Å². The smallest absolute Gasteiger partial charge is 0.416 e. The van der Waals surface area contributed by atoms with Crippen molar-refractivity contribution in [1.82, 2.24) is 5.43 Å². The number of alkyl halides is 3. The number of benzene rings is 2. The van der Waals surface area contributed by atoms with Gasteiger partial charge in [0.15, 0.2) is 0 Å². The number of carbonyl (C=O) groups excluding carboxylic acids is 1. The van der Waals surface area contributed by atoms with E-state index in [0.29, 0.717) is 17.1 Å². The van der Waals surface area contributed by atoms with Gasteiger partial charge in [0.05, 0.1) is 26.0 Å². The molecule has 0 unspecified atom stereocenters. The van der Waals surface area contributed by atoms with Crippen LogP contribution in [0.5, 0.6) is 11.5 Å². The van der Waals surface area contributed by atoms with Crippen molar-refractivity contribution in [3.05, 3.63) is 59.2 Å². The summed E-state index contributed by atoms with van der Waals surface area (Å²) in [6.07, 6.45) is -3.15. The van der Waals surface area contributed by atoms with E-state index in [-0.39, 0.29) is 5.56 Å². The van der Waals surface area contributed by atoms with Gasteiger partial charge in [0.2, 0.25) is 0 Å². The summed E-state index contributed by atoms with van der Waals surface area (Å²) >= 11 is 0.